The molecule has 0 saturated carbocycles. The average molecular weight is 228 g/mol. The van der Waals surface area contributed by atoms with Gasteiger partial charge in [0.05, 0.1) is 17.8 Å². The summed E-state index contributed by atoms with van der Waals surface area (Å²) in [6, 6.07) is 0.460. The van der Waals surface area contributed by atoms with E-state index in [1.165, 1.54) is 11.3 Å². The topological polar surface area (TPSA) is 34.1 Å². The van der Waals surface area contributed by atoms with Crippen LogP contribution in [0.15, 0.2) is 5.51 Å². The molecule has 1 aromatic heterocycles. The third-order valence-corrected chi connectivity index (χ3v) is 3.34. The first kappa shape index (κ1) is 12.6. The standard InChI is InChI=1S/C11H20N2OS/c1-4-5-10(7-14-3)12-6-11-9(2)13-8-15-11/h8,10,12H,4-7H2,1-3H3. The van der Waals surface area contributed by atoms with Gasteiger partial charge in [-0.05, 0) is 13.3 Å². The number of hydrogen-bond donors (Lipinski definition) is 1. The van der Waals surface area contributed by atoms with Crippen molar-refractivity contribution in [1.82, 2.24) is 10.3 Å². The summed E-state index contributed by atoms with van der Waals surface area (Å²) in [5.74, 6) is 0. The van der Waals surface area contributed by atoms with Crippen LogP contribution in [0.4, 0.5) is 0 Å². The first-order valence-electron chi connectivity index (χ1n) is 5.39. The summed E-state index contributed by atoms with van der Waals surface area (Å²) in [7, 11) is 1.75. The lowest BCUT2D eigenvalue weighted by molar-refractivity contribution is 0.161. The Morgan fingerprint density at radius 1 is 1.60 bits per heavy atom. The summed E-state index contributed by atoms with van der Waals surface area (Å²) in [5, 5.41) is 3.51. The minimum atomic E-state index is 0.460. The molecule has 1 heterocycles. The molecule has 1 rings (SSSR count). The zero-order valence-electron chi connectivity index (χ0n) is 9.75. The zero-order chi connectivity index (χ0) is 11.1. The number of nitrogens with zero attached hydrogens (tertiary/aromatic N) is 1. The Morgan fingerprint density at radius 2 is 2.40 bits per heavy atom. The van der Waals surface area contributed by atoms with Crippen LogP contribution in [-0.4, -0.2) is 24.7 Å². The summed E-state index contributed by atoms with van der Waals surface area (Å²) in [5.41, 5.74) is 3.04. The van der Waals surface area contributed by atoms with Crippen molar-refractivity contribution >= 4 is 11.3 Å². The molecular weight excluding hydrogens is 208 g/mol. The van der Waals surface area contributed by atoms with Gasteiger partial charge in [-0.3, -0.25) is 0 Å². The minimum absolute atomic E-state index is 0.460. The number of ether oxygens (including phenoxy) is 1. The van der Waals surface area contributed by atoms with Gasteiger partial charge in [0.25, 0.3) is 0 Å². The molecule has 15 heavy (non-hydrogen) atoms. The average Bonchev–Trinajstić information content (AvgIpc) is 2.61. The smallest absolute Gasteiger partial charge is 0.0798 e. The van der Waals surface area contributed by atoms with Gasteiger partial charge in [0, 0.05) is 24.6 Å². The fourth-order valence-corrected chi connectivity index (χ4v) is 2.25. The lowest BCUT2D eigenvalue weighted by Gasteiger charge is -2.16. The van der Waals surface area contributed by atoms with E-state index in [-0.39, 0.29) is 0 Å². The summed E-state index contributed by atoms with van der Waals surface area (Å²) in [6.45, 7) is 5.94. The molecule has 0 spiro atoms. The van der Waals surface area contributed by atoms with Gasteiger partial charge in [0.1, 0.15) is 0 Å². The molecule has 1 N–H and O–H groups in total. The largest absolute Gasteiger partial charge is 0.383 e. The van der Waals surface area contributed by atoms with E-state index in [1.54, 1.807) is 18.4 Å². The fraction of sp³-hybridized carbons (Fsp3) is 0.727. The normalized spacial score (nSPS) is 13.0. The maximum absolute atomic E-state index is 5.18. The Bertz CT molecular complexity index is 269. The summed E-state index contributed by atoms with van der Waals surface area (Å²) >= 11 is 1.71. The monoisotopic (exact) mass is 228 g/mol. The third-order valence-electron chi connectivity index (χ3n) is 2.40. The lowest BCUT2D eigenvalue weighted by Crippen LogP contribution is -2.32. The van der Waals surface area contributed by atoms with Gasteiger partial charge in [-0.15, -0.1) is 11.3 Å². The van der Waals surface area contributed by atoms with Crippen LogP contribution in [0, 0.1) is 6.92 Å². The fourth-order valence-electron chi connectivity index (χ4n) is 1.53. The van der Waals surface area contributed by atoms with E-state index in [0.29, 0.717) is 6.04 Å². The SMILES string of the molecule is CCCC(COC)NCc1scnc1C. The minimum Gasteiger partial charge on any atom is -0.383 e. The molecule has 0 aliphatic heterocycles. The quantitative estimate of drug-likeness (QED) is 0.778. The van der Waals surface area contributed by atoms with Crippen molar-refractivity contribution < 1.29 is 4.74 Å². The van der Waals surface area contributed by atoms with Crippen LogP contribution < -0.4 is 5.32 Å². The highest BCUT2D eigenvalue weighted by molar-refractivity contribution is 7.09. The molecule has 0 bridgehead atoms. The molecule has 86 valence electrons. The number of methoxy groups -OCH3 is 1. The van der Waals surface area contributed by atoms with E-state index in [0.717, 1.165) is 25.3 Å². The van der Waals surface area contributed by atoms with Gasteiger partial charge in [0.15, 0.2) is 0 Å². The number of nitrogens with one attached hydrogen (secondary N) is 1. The van der Waals surface area contributed by atoms with Gasteiger partial charge < -0.3 is 10.1 Å². The Morgan fingerprint density at radius 3 is 2.93 bits per heavy atom. The number of rotatable bonds is 7. The van der Waals surface area contributed by atoms with Crippen LogP contribution in [0.1, 0.15) is 30.3 Å². The molecule has 0 fully saturated rings. The maximum atomic E-state index is 5.18. The van der Waals surface area contributed by atoms with E-state index in [4.69, 9.17) is 4.74 Å². The molecule has 0 radical (unpaired) electrons. The number of thiazole rings is 1. The molecule has 0 aliphatic rings. The van der Waals surface area contributed by atoms with Crippen LogP contribution in [-0.2, 0) is 11.3 Å². The molecule has 1 atom stereocenters. The molecule has 0 aromatic carbocycles. The molecule has 1 aromatic rings. The van der Waals surface area contributed by atoms with Gasteiger partial charge in [-0.25, -0.2) is 4.98 Å². The first-order valence-corrected chi connectivity index (χ1v) is 6.27. The first-order chi connectivity index (χ1) is 7.27. The van der Waals surface area contributed by atoms with Gasteiger partial charge >= 0.3 is 0 Å². The van der Waals surface area contributed by atoms with E-state index < -0.39 is 0 Å². The summed E-state index contributed by atoms with van der Waals surface area (Å²) < 4.78 is 5.18. The maximum Gasteiger partial charge on any atom is 0.0798 e. The van der Waals surface area contributed by atoms with E-state index in [2.05, 4.69) is 24.1 Å². The number of aromatic nitrogens is 1. The van der Waals surface area contributed by atoms with Crippen molar-refractivity contribution in [1.29, 1.82) is 0 Å². The lowest BCUT2D eigenvalue weighted by atomic mass is 10.2. The van der Waals surface area contributed by atoms with E-state index in [9.17, 15) is 0 Å². The van der Waals surface area contributed by atoms with E-state index >= 15 is 0 Å². The molecule has 4 heteroatoms. The second-order valence-electron chi connectivity index (χ2n) is 3.68. The number of hydrogen-bond acceptors (Lipinski definition) is 4. The Labute approximate surface area is 95.9 Å². The highest BCUT2D eigenvalue weighted by Crippen LogP contribution is 2.12. The molecule has 0 amide bonds. The number of aryl methyl sites for hydroxylation is 1. The Hall–Kier alpha value is -0.450. The zero-order valence-corrected chi connectivity index (χ0v) is 10.6. The Kier molecular flexibility index (Phi) is 5.83. The van der Waals surface area contributed by atoms with Crippen molar-refractivity contribution in [2.75, 3.05) is 13.7 Å². The van der Waals surface area contributed by atoms with Crippen molar-refractivity contribution in [2.24, 2.45) is 0 Å². The van der Waals surface area contributed by atoms with Crippen molar-refractivity contribution in [3.63, 3.8) is 0 Å². The summed E-state index contributed by atoms with van der Waals surface area (Å²) in [6.07, 6.45) is 2.34. The predicted molar refractivity (Wildman–Crippen MR) is 64.3 cm³/mol. The third kappa shape index (κ3) is 4.28. The second kappa shape index (κ2) is 6.93. The van der Waals surface area contributed by atoms with Gasteiger partial charge in [-0.1, -0.05) is 13.3 Å². The van der Waals surface area contributed by atoms with Crippen molar-refractivity contribution in [2.45, 2.75) is 39.3 Å². The van der Waals surface area contributed by atoms with Gasteiger partial charge in [0.2, 0.25) is 0 Å². The molecule has 0 saturated heterocycles. The molecule has 1 unspecified atom stereocenters. The highest BCUT2D eigenvalue weighted by Gasteiger charge is 2.08. The van der Waals surface area contributed by atoms with Gasteiger partial charge in [-0.2, -0.15) is 0 Å². The predicted octanol–water partition coefficient (Wildman–Crippen LogP) is 2.36. The molecule has 3 nitrogen and oxygen atoms in total. The van der Waals surface area contributed by atoms with Crippen LogP contribution >= 0.6 is 11.3 Å². The van der Waals surface area contributed by atoms with Crippen LogP contribution in [0.2, 0.25) is 0 Å². The molecular formula is C11H20N2OS. The molecule has 0 aliphatic carbocycles. The second-order valence-corrected chi connectivity index (χ2v) is 4.62. The summed E-state index contributed by atoms with van der Waals surface area (Å²) in [4.78, 5) is 5.56. The van der Waals surface area contributed by atoms with Crippen molar-refractivity contribution in [3.8, 4) is 0 Å². The highest BCUT2D eigenvalue weighted by atomic mass is 32.1. The van der Waals surface area contributed by atoms with E-state index in [1.807, 2.05) is 5.51 Å². The van der Waals surface area contributed by atoms with Crippen LogP contribution in [0.5, 0.6) is 0 Å². The van der Waals surface area contributed by atoms with Crippen molar-refractivity contribution in [3.05, 3.63) is 16.1 Å². The van der Waals surface area contributed by atoms with Crippen LogP contribution in [0.3, 0.4) is 0 Å². The van der Waals surface area contributed by atoms with Crippen LogP contribution in [0.25, 0.3) is 0 Å². The Balaban J connectivity index is 2.36.